The minimum absolute atomic E-state index is 0.0636. The second-order valence-electron chi connectivity index (χ2n) is 7.87. The predicted octanol–water partition coefficient (Wildman–Crippen LogP) is 2.26. The van der Waals surface area contributed by atoms with Gasteiger partial charge in [-0.15, -0.1) is 0 Å². The lowest BCUT2D eigenvalue weighted by Gasteiger charge is -2.39. The third kappa shape index (κ3) is 3.65. The van der Waals surface area contributed by atoms with Crippen molar-refractivity contribution in [2.24, 2.45) is 5.41 Å². The number of nitrogens with one attached hydrogen (secondary N) is 1. The Morgan fingerprint density at radius 2 is 1.72 bits per heavy atom. The lowest BCUT2D eigenvalue weighted by Crippen LogP contribution is -2.55. The molecule has 1 saturated carbocycles. The van der Waals surface area contributed by atoms with Crippen molar-refractivity contribution in [3.8, 4) is 0 Å². The lowest BCUT2D eigenvalue weighted by molar-refractivity contribution is -0.148. The van der Waals surface area contributed by atoms with Crippen LogP contribution in [0.5, 0.6) is 0 Å². The molecule has 1 aromatic rings. The first-order valence-electron chi connectivity index (χ1n) is 9.22. The maximum Gasteiger partial charge on any atom is 0.237 e. The quantitative estimate of drug-likeness (QED) is 0.853. The fourth-order valence-electron chi connectivity index (χ4n) is 3.31. The van der Waals surface area contributed by atoms with Gasteiger partial charge in [-0.2, -0.15) is 0 Å². The Kier molecular flexibility index (Phi) is 4.76. The number of carbonyl (C=O) groups excluding carboxylic acids is 2. The van der Waals surface area contributed by atoms with Gasteiger partial charge in [0.05, 0.1) is 0 Å². The van der Waals surface area contributed by atoms with Crippen LogP contribution in [0.2, 0.25) is 0 Å². The zero-order chi connectivity index (χ0) is 18.2. The third-order valence-electron chi connectivity index (χ3n) is 5.50. The molecule has 0 radical (unpaired) electrons. The summed E-state index contributed by atoms with van der Waals surface area (Å²) in [5, 5.41) is 2.97. The summed E-state index contributed by atoms with van der Waals surface area (Å²) in [5.74, 6) is -0.205. The van der Waals surface area contributed by atoms with Gasteiger partial charge in [0.15, 0.2) is 0 Å². The van der Waals surface area contributed by atoms with Crippen molar-refractivity contribution in [2.75, 3.05) is 31.1 Å². The van der Waals surface area contributed by atoms with Gasteiger partial charge in [-0.1, -0.05) is 12.1 Å². The molecule has 5 heteroatoms. The molecule has 1 N–H and O–H groups in total. The molecule has 0 spiro atoms. The fraction of sp³-hybridized carbons (Fsp3) is 0.600. The number of hydrogen-bond acceptors (Lipinski definition) is 3. The Balaban J connectivity index is 1.62. The monoisotopic (exact) mass is 343 g/mol. The second-order valence-corrected chi connectivity index (χ2v) is 7.87. The van der Waals surface area contributed by atoms with E-state index in [4.69, 9.17) is 0 Å². The van der Waals surface area contributed by atoms with Crippen LogP contribution in [-0.4, -0.2) is 48.9 Å². The molecule has 136 valence electrons. The SMILES string of the molecule is Cc1cccc(N2CCN(C(=O)C(C)(C)C(=O)NC3CC3)CC2)c1C. The first kappa shape index (κ1) is 17.8. The minimum atomic E-state index is -0.996. The number of rotatable bonds is 4. The zero-order valence-corrected chi connectivity index (χ0v) is 15.8. The Morgan fingerprint density at radius 1 is 1.08 bits per heavy atom. The molecular formula is C20H29N3O2. The van der Waals surface area contributed by atoms with Gasteiger partial charge < -0.3 is 15.1 Å². The number of benzene rings is 1. The van der Waals surface area contributed by atoms with Gasteiger partial charge in [-0.3, -0.25) is 9.59 Å². The van der Waals surface area contributed by atoms with Crippen molar-refractivity contribution in [3.05, 3.63) is 29.3 Å². The van der Waals surface area contributed by atoms with Crippen LogP contribution in [0.25, 0.3) is 0 Å². The van der Waals surface area contributed by atoms with E-state index in [9.17, 15) is 9.59 Å². The summed E-state index contributed by atoms with van der Waals surface area (Å²) in [7, 11) is 0. The van der Waals surface area contributed by atoms with E-state index in [2.05, 4.69) is 42.3 Å². The molecule has 1 heterocycles. The smallest absolute Gasteiger partial charge is 0.237 e. The van der Waals surface area contributed by atoms with Crippen LogP contribution in [0.1, 0.15) is 37.8 Å². The van der Waals surface area contributed by atoms with Crippen LogP contribution < -0.4 is 10.2 Å². The highest BCUT2D eigenvalue weighted by molar-refractivity contribution is 6.04. The molecule has 1 saturated heterocycles. The highest BCUT2D eigenvalue weighted by atomic mass is 16.2. The minimum Gasteiger partial charge on any atom is -0.368 e. The maximum atomic E-state index is 12.9. The van der Waals surface area contributed by atoms with E-state index in [1.807, 2.05) is 4.90 Å². The van der Waals surface area contributed by atoms with Crippen molar-refractivity contribution >= 4 is 17.5 Å². The van der Waals surface area contributed by atoms with Crippen molar-refractivity contribution in [1.82, 2.24) is 10.2 Å². The topological polar surface area (TPSA) is 52.7 Å². The highest BCUT2D eigenvalue weighted by Crippen LogP contribution is 2.27. The molecule has 0 bridgehead atoms. The van der Waals surface area contributed by atoms with Gasteiger partial charge in [0.1, 0.15) is 5.41 Å². The van der Waals surface area contributed by atoms with Crippen LogP contribution in [-0.2, 0) is 9.59 Å². The Bertz CT molecular complexity index is 672. The third-order valence-corrected chi connectivity index (χ3v) is 5.50. The molecule has 1 aliphatic carbocycles. The number of anilines is 1. The first-order valence-corrected chi connectivity index (χ1v) is 9.22. The molecule has 25 heavy (non-hydrogen) atoms. The van der Waals surface area contributed by atoms with Crippen LogP contribution in [0.15, 0.2) is 18.2 Å². The van der Waals surface area contributed by atoms with Crippen LogP contribution in [0.4, 0.5) is 5.69 Å². The summed E-state index contributed by atoms with van der Waals surface area (Å²) in [6.07, 6.45) is 2.06. The molecule has 2 aliphatic rings. The molecule has 5 nitrogen and oxygen atoms in total. The van der Waals surface area contributed by atoms with Gasteiger partial charge >= 0.3 is 0 Å². The van der Waals surface area contributed by atoms with Crippen molar-refractivity contribution < 1.29 is 9.59 Å². The molecular weight excluding hydrogens is 314 g/mol. The van der Waals surface area contributed by atoms with Gasteiger partial charge in [0.2, 0.25) is 11.8 Å². The molecule has 2 fully saturated rings. The lowest BCUT2D eigenvalue weighted by atomic mass is 9.90. The molecule has 0 atom stereocenters. The number of amides is 2. The number of piperazine rings is 1. The zero-order valence-electron chi connectivity index (χ0n) is 15.8. The van der Waals surface area contributed by atoms with E-state index >= 15 is 0 Å². The van der Waals surface area contributed by atoms with Crippen LogP contribution >= 0.6 is 0 Å². The summed E-state index contributed by atoms with van der Waals surface area (Å²) in [4.78, 5) is 29.5. The summed E-state index contributed by atoms with van der Waals surface area (Å²) < 4.78 is 0. The Morgan fingerprint density at radius 3 is 2.32 bits per heavy atom. The van der Waals surface area contributed by atoms with Gasteiger partial charge in [-0.25, -0.2) is 0 Å². The molecule has 0 aromatic heterocycles. The normalized spacial score (nSPS) is 18.2. The largest absolute Gasteiger partial charge is 0.368 e. The van der Waals surface area contributed by atoms with Crippen molar-refractivity contribution in [3.63, 3.8) is 0 Å². The summed E-state index contributed by atoms with van der Waals surface area (Å²) in [6.45, 7) is 10.7. The van der Waals surface area contributed by atoms with Gasteiger partial charge in [0.25, 0.3) is 0 Å². The van der Waals surface area contributed by atoms with E-state index in [1.54, 1.807) is 13.8 Å². The van der Waals surface area contributed by atoms with E-state index in [0.29, 0.717) is 13.1 Å². The summed E-state index contributed by atoms with van der Waals surface area (Å²) in [5.41, 5.74) is 2.84. The molecule has 3 rings (SSSR count). The van der Waals surface area contributed by atoms with Crippen LogP contribution in [0.3, 0.4) is 0 Å². The highest BCUT2D eigenvalue weighted by Gasteiger charge is 2.41. The van der Waals surface area contributed by atoms with Crippen molar-refractivity contribution in [1.29, 1.82) is 0 Å². The molecule has 0 unspecified atom stereocenters. The van der Waals surface area contributed by atoms with Gasteiger partial charge in [-0.05, 0) is 57.7 Å². The number of carbonyl (C=O) groups is 2. The van der Waals surface area contributed by atoms with Crippen molar-refractivity contribution in [2.45, 2.75) is 46.6 Å². The fourth-order valence-corrected chi connectivity index (χ4v) is 3.31. The Hall–Kier alpha value is -2.04. The predicted molar refractivity (Wildman–Crippen MR) is 99.7 cm³/mol. The summed E-state index contributed by atoms with van der Waals surface area (Å²) >= 11 is 0. The summed E-state index contributed by atoms with van der Waals surface area (Å²) in [6, 6.07) is 6.63. The van der Waals surface area contributed by atoms with Gasteiger partial charge in [0, 0.05) is 37.9 Å². The average molecular weight is 343 g/mol. The molecule has 2 amide bonds. The maximum absolute atomic E-state index is 12.9. The van der Waals surface area contributed by atoms with E-state index in [1.165, 1.54) is 16.8 Å². The van der Waals surface area contributed by atoms with E-state index in [0.717, 1.165) is 25.9 Å². The second kappa shape index (κ2) is 6.70. The number of nitrogens with zero attached hydrogens (tertiary/aromatic N) is 2. The number of aryl methyl sites for hydroxylation is 1. The number of hydrogen-bond donors (Lipinski definition) is 1. The average Bonchev–Trinajstić information content (AvgIpc) is 3.41. The standard InChI is InChI=1S/C20H29N3O2/c1-14-6-5-7-17(15(14)2)22-10-12-23(13-11-22)19(25)20(3,4)18(24)21-16-8-9-16/h5-7,16H,8-13H2,1-4H3,(H,21,24). The van der Waals surface area contributed by atoms with E-state index in [-0.39, 0.29) is 17.9 Å². The van der Waals surface area contributed by atoms with Crippen LogP contribution in [0, 0.1) is 19.3 Å². The molecule has 1 aliphatic heterocycles. The van der Waals surface area contributed by atoms with E-state index < -0.39 is 5.41 Å². The first-order chi connectivity index (χ1) is 11.8. The Labute approximate surface area is 150 Å². The molecule has 1 aromatic carbocycles.